The Kier molecular flexibility index (Phi) is 12.7. The molecular formula is C23H30N2O6. The zero-order valence-electron chi connectivity index (χ0n) is 17.8. The van der Waals surface area contributed by atoms with Gasteiger partial charge in [0.25, 0.3) is 0 Å². The number of unbranched alkanes of at least 4 members (excludes halogenated alkanes) is 3. The number of imidazole rings is 1. The number of carboxylic acid groups (broad SMARTS) is 2. The zero-order chi connectivity index (χ0) is 22.9. The third-order valence-electron chi connectivity index (χ3n) is 4.22. The van der Waals surface area contributed by atoms with E-state index in [9.17, 15) is 14.4 Å². The molecule has 2 aromatic rings. The number of rotatable bonds is 13. The average Bonchev–Trinajstić information content (AvgIpc) is 3.27. The van der Waals surface area contributed by atoms with Gasteiger partial charge in [-0.15, -0.1) is 0 Å². The van der Waals surface area contributed by atoms with Crippen LogP contribution in [0.5, 0.6) is 5.75 Å². The molecule has 0 aliphatic rings. The fraction of sp³-hybridized carbons (Fsp3) is 0.391. The Labute approximate surface area is 182 Å². The van der Waals surface area contributed by atoms with Gasteiger partial charge in [-0.3, -0.25) is 4.79 Å². The first-order chi connectivity index (χ1) is 14.9. The molecule has 1 aromatic heterocycles. The summed E-state index contributed by atoms with van der Waals surface area (Å²) in [7, 11) is 0. The Bertz CT molecular complexity index is 797. The van der Waals surface area contributed by atoms with E-state index in [-0.39, 0.29) is 5.78 Å². The van der Waals surface area contributed by atoms with Gasteiger partial charge in [0.1, 0.15) is 5.75 Å². The van der Waals surface area contributed by atoms with E-state index in [2.05, 4.69) is 16.9 Å². The number of ketones is 1. The highest BCUT2D eigenvalue weighted by Gasteiger charge is 2.05. The van der Waals surface area contributed by atoms with Crippen LogP contribution in [0.25, 0.3) is 0 Å². The van der Waals surface area contributed by atoms with E-state index >= 15 is 0 Å². The van der Waals surface area contributed by atoms with E-state index in [1.54, 1.807) is 6.33 Å². The van der Waals surface area contributed by atoms with Gasteiger partial charge in [0.05, 0.1) is 12.9 Å². The second-order valence-electron chi connectivity index (χ2n) is 6.80. The van der Waals surface area contributed by atoms with E-state index in [0.717, 1.165) is 42.7 Å². The van der Waals surface area contributed by atoms with Crippen LogP contribution in [0.2, 0.25) is 0 Å². The molecule has 0 atom stereocenters. The number of H-pyrrole nitrogens is 1. The molecule has 8 nitrogen and oxygen atoms in total. The molecule has 0 unspecified atom stereocenters. The number of benzene rings is 1. The quantitative estimate of drug-likeness (QED) is 0.245. The van der Waals surface area contributed by atoms with Crippen LogP contribution in [-0.2, 0) is 16.0 Å². The second-order valence-corrected chi connectivity index (χ2v) is 6.80. The number of nitrogens with zero attached hydrogens (tertiary/aromatic N) is 1. The Morgan fingerprint density at radius 3 is 2.23 bits per heavy atom. The molecule has 0 fully saturated rings. The van der Waals surface area contributed by atoms with Crippen LogP contribution < -0.4 is 4.74 Å². The molecule has 0 aliphatic heterocycles. The molecule has 168 valence electrons. The molecule has 8 heteroatoms. The summed E-state index contributed by atoms with van der Waals surface area (Å²) in [5.74, 6) is -1.47. The molecule has 0 saturated heterocycles. The third kappa shape index (κ3) is 12.7. The fourth-order valence-corrected chi connectivity index (χ4v) is 2.61. The number of carbonyl (C=O) groups is 3. The van der Waals surface area contributed by atoms with Crippen LogP contribution >= 0.6 is 0 Å². The summed E-state index contributed by atoms with van der Waals surface area (Å²) in [5, 5.41) is 15.6. The van der Waals surface area contributed by atoms with Crippen LogP contribution in [0, 0.1) is 0 Å². The summed E-state index contributed by atoms with van der Waals surface area (Å²) in [6.45, 7) is 2.83. The zero-order valence-corrected chi connectivity index (χ0v) is 17.8. The molecule has 0 aliphatic carbocycles. The van der Waals surface area contributed by atoms with Gasteiger partial charge < -0.3 is 19.9 Å². The highest BCUT2D eigenvalue weighted by molar-refractivity contribution is 5.96. The van der Waals surface area contributed by atoms with Crippen molar-refractivity contribution in [3.05, 3.63) is 60.2 Å². The van der Waals surface area contributed by atoms with Gasteiger partial charge in [-0.25, -0.2) is 14.6 Å². The number of aromatic amines is 1. The maximum atomic E-state index is 12.1. The highest BCUT2D eigenvalue weighted by atomic mass is 16.5. The van der Waals surface area contributed by atoms with Crippen molar-refractivity contribution in [2.45, 2.75) is 51.9 Å². The number of aliphatic carboxylic acids is 2. The minimum absolute atomic E-state index is 0.229. The van der Waals surface area contributed by atoms with E-state index in [4.69, 9.17) is 14.9 Å². The lowest BCUT2D eigenvalue weighted by atomic mass is 10.0. The molecule has 0 saturated carbocycles. The van der Waals surface area contributed by atoms with Crippen LogP contribution in [0.15, 0.2) is 48.9 Å². The molecule has 0 spiro atoms. The first-order valence-corrected chi connectivity index (χ1v) is 10.3. The van der Waals surface area contributed by atoms with Gasteiger partial charge in [0.15, 0.2) is 5.78 Å². The number of ether oxygens (including phenoxy) is 1. The lowest BCUT2D eigenvalue weighted by molar-refractivity contribution is -0.134. The minimum atomic E-state index is -1.26. The SMILES string of the molecule is CCCCCCC(=O)c1ccc(OCCCc2cnc[nH]2)cc1.O=C(O)/C=C\C(=O)O. The molecule has 1 aromatic carbocycles. The van der Waals surface area contributed by atoms with E-state index in [0.29, 0.717) is 25.2 Å². The number of carboxylic acids is 2. The number of aromatic nitrogens is 2. The average molecular weight is 431 g/mol. The predicted octanol–water partition coefficient (Wildman–Crippen LogP) is 4.29. The second kappa shape index (κ2) is 15.4. The summed E-state index contributed by atoms with van der Waals surface area (Å²) in [6, 6.07) is 7.50. The third-order valence-corrected chi connectivity index (χ3v) is 4.22. The first kappa shape index (κ1) is 25.6. The normalized spacial score (nSPS) is 10.4. The highest BCUT2D eigenvalue weighted by Crippen LogP contribution is 2.15. The van der Waals surface area contributed by atoms with Crippen LogP contribution in [0.1, 0.15) is 61.5 Å². The predicted molar refractivity (Wildman–Crippen MR) is 116 cm³/mol. The molecule has 2 rings (SSSR count). The van der Waals surface area contributed by atoms with Crippen molar-refractivity contribution in [1.29, 1.82) is 0 Å². The molecular weight excluding hydrogens is 400 g/mol. The van der Waals surface area contributed by atoms with Gasteiger partial charge in [-0.2, -0.15) is 0 Å². The van der Waals surface area contributed by atoms with Crippen molar-refractivity contribution < 1.29 is 29.3 Å². The Morgan fingerprint density at radius 2 is 1.68 bits per heavy atom. The molecule has 3 N–H and O–H groups in total. The van der Waals surface area contributed by atoms with Crippen molar-refractivity contribution in [3.63, 3.8) is 0 Å². The number of carbonyl (C=O) groups excluding carboxylic acids is 1. The fourth-order valence-electron chi connectivity index (χ4n) is 2.61. The summed E-state index contributed by atoms with van der Waals surface area (Å²) in [6.07, 6.45) is 11.7. The summed E-state index contributed by atoms with van der Waals surface area (Å²) >= 11 is 0. The number of nitrogens with one attached hydrogen (secondary N) is 1. The van der Waals surface area contributed by atoms with E-state index < -0.39 is 11.9 Å². The Morgan fingerprint density at radius 1 is 1.00 bits per heavy atom. The number of Topliss-reactive ketones (excluding diaryl/α,β-unsaturated/α-hetero) is 1. The summed E-state index contributed by atoms with van der Waals surface area (Å²) < 4.78 is 5.71. The molecule has 31 heavy (non-hydrogen) atoms. The molecule has 0 radical (unpaired) electrons. The maximum Gasteiger partial charge on any atom is 0.328 e. The van der Waals surface area contributed by atoms with Crippen molar-refractivity contribution in [1.82, 2.24) is 9.97 Å². The minimum Gasteiger partial charge on any atom is -0.494 e. The first-order valence-electron chi connectivity index (χ1n) is 10.3. The monoisotopic (exact) mass is 430 g/mol. The molecule has 0 amide bonds. The van der Waals surface area contributed by atoms with E-state index in [1.165, 1.54) is 12.8 Å². The van der Waals surface area contributed by atoms with Crippen molar-refractivity contribution in [3.8, 4) is 5.75 Å². The van der Waals surface area contributed by atoms with Crippen molar-refractivity contribution in [2.24, 2.45) is 0 Å². The van der Waals surface area contributed by atoms with E-state index in [1.807, 2.05) is 30.5 Å². The van der Waals surface area contributed by atoms with Crippen LogP contribution in [0.4, 0.5) is 0 Å². The van der Waals surface area contributed by atoms with Crippen molar-refractivity contribution in [2.75, 3.05) is 6.61 Å². The van der Waals surface area contributed by atoms with Gasteiger partial charge in [0, 0.05) is 36.0 Å². The van der Waals surface area contributed by atoms with Crippen LogP contribution in [-0.4, -0.2) is 44.5 Å². The number of hydrogen-bond donors (Lipinski definition) is 3. The lowest BCUT2D eigenvalue weighted by Crippen LogP contribution is -2.01. The van der Waals surface area contributed by atoms with Gasteiger partial charge in [0.2, 0.25) is 0 Å². The molecule has 0 bridgehead atoms. The summed E-state index contributed by atoms with van der Waals surface area (Å²) in [5.41, 5.74) is 1.91. The molecule has 1 heterocycles. The van der Waals surface area contributed by atoms with Gasteiger partial charge >= 0.3 is 11.9 Å². The van der Waals surface area contributed by atoms with Crippen LogP contribution in [0.3, 0.4) is 0 Å². The summed E-state index contributed by atoms with van der Waals surface area (Å²) in [4.78, 5) is 38.2. The number of aryl methyl sites for hydroxylation is 1. The lowest BCUT2D eigenvalue weighted by Gasteiger charge is -2.07. The Hall–Kier alpha value is -3.42. The standard InChI is InChI=1S/C19H26N2O2.C4H4O4/c1-2-3-4-5-8-19(22)16-9-11-18(12-10-16)23-13-6-7-17-14-20-15-21-17;5-3(6)1-2-4(7)8/h9-12,14-15H,2-8,13H2,1H3,(H,20,21);1-2H,(H,5,6)(H,7,8)/b;2-1-. The number of hydrogen-bond acceptors (Lipinski definition) is 5. The maximum absolute atomic E-state index is 12.1. The van der Waals surface area contributed by atoms with Gasteiger partial charge in [-0.1, -0.05) is 26.2 Å². The largest absolute Gasteiger partial charge is 0.494 e. The smallest absolute Gasteiger partial charge is 0.328 e. The Balaban J connectivity index is 0.000000512. The van der Waals surface area contributed by atoms with Gasteiger partial charge in [-0.05, 0) is 43.5 Å². The van der Waals surface area contributed by atoms with Crippen molar-refractivity contribution >= 4 is 17.7 Å². The topological polar surface area (TPSA) is 130 Å².